The Balaban J connectivity index is 1.81. The third-order valence-electron chi connectivity index (χ3n) is 2.26. The van der Waals surface area contributed by atoms with E-state index in [2.05, 4.69) is 20.8 Å². The molecular weight excluding hydrogens is 224 g/mol. The van der Waals surface area contributed by atoms with Crippen LogP contribution >= 0.6 is 0 Å². The predicted octanol–water partition coefficient (Wildman–Crippen LogP) is -1.22. The van der Waals surface area contributed by atoms with Crippen LogP contribution in [-0.2, 0) is 4.79 Å². The van der Waals surface area contributed by atoms with Crippen LogP contribution in [0, 0.1) is 0 Å². The summed E-state index contributed by atoms with van der Waals surface area (Å²) in [6.45, 7) is -0.0872. The molecule has 1 aromatic rings. The van der Waals surface area contributed by atoms with E-state index in [1.165, 1.54) is 12.1 Å². The van der Waals surface area contributed by atoms with Crippen molar-refractivity contribution < 1.29 is 9.59 Å². The Kier molecular flexibility index (Phi) is 3.17. The molecule has 1 aliphatic rings. The molecule has 1 heterocycles. The van der Waals surface area contributed by atoms with E-state index in [0.29, 0.717) is 0 Å². The van der Waals surface area contributed by atoms with Crippen molar-refractivity contribution in [2.45, 2.75) is 18.9 Å². The Hall–Kier alpha value is -2.18. The van der Waals surface area contributed by atoms with Gasteiger partial charge >= 0.3 is 0 Å². The first kappa shape index (κ1) is 11.3. The molecule has 2 rings (SSSR count). The number of aromatic amines is 1. The average Bonchev–Trinajstić information content (AvgIpc) is 3.11. The molecule has 2 amide bonds. The Bertz CT molecular complexity index is 472. The predicted molar refractivity (Wildman–Crippen MR) is 58.4 cm³/mol. The quantitative estimate of drug-likeness (QED) is 0.609. The molecule has 0 saturated heterocycles. The zero-order valence-corrected chi connectivity index (χ0v) is 9.03. The second-order valence-corrected chi connectivity index (χ2v) is 3.83. The summed E-state index contributed by atoms with van der Waals surface area (Å²) in [7, 11) is 0. The van der Waals surface area contributed by atoms with Crippen LogP contribution in [0.3, 0.4) is 0 Å². The van der Waals surface area contributed by atoms with Gasteiger partial charge in [0.2, 0.25) is 5.91 Å². The summed E-state index contributed by atoms with van der Waals surface area (Å²) in [4.78, 5) is 33.5. The largest absolute Gasteiger partial charge is 0.352 e. The molecule has 1 aliphatic carbocycles. The number of carbonyl (C=O) groups excluding carboxylic acids is 2. The highest BCUT2D eigenvalue weighted by atomic mass is 16.2. The van der Waals surface area contributed by atoms with Crippen LogP contribution in [-0.4, -0.2) is 34.6 Å². The van der Waals surface area contributed by atoms with Crippen LogP contribution in [0.15, 0.2) is 16.9 Å². The topological polar surface area (TPSA) is 104 Å². The fourth-order valence-electron chi connectivity index (χ4n) is 1.23. The number of nitrogens with one attached hydrogen (secondary N) is 3. The molecule has 90 valence electrons. The van der Waals surface area contributed by atoms with Crippen molar-refractivity contribution in [3.05, 3.63) is 28.2 Å². The van der Waals surface area contributed by atoms with Gasteiger partial charge in [0.25, 0.3) is 11.5 Å². The zero-order valence-electron chi connectivity index (χ0n) is 9.03. The molecule has 0 radical (unpaired) electrons. The minimum Gasteiger partial charge on any atom is -0.352 e. The smallest absolute Gasteiger partial charge is 0.272 e. The lowest BCUT2D eigenvalue weighted by Gasteiger charge is -2.04. The SMILES string of the molecule is O=C(CNC(=O)c1ccc(=O)[nH]n1)NC1CC1. The Morgan fingerprint density at radius 2 is 2.18 bits per heavy atom. The van der Waals surface area contributed by atoms with E-state index < -0.39 is 5.91 Å². The lowest BCUT2D eigenvalue weighted by atomic mass is 10.3. The molecule has 0 aliphatic heterocycles. The molecule has 1 aromatic heterocycles. The highest BCUT2D eigenvalue weighted by molar-refractivity contribution is 5.94. The van der Waals surface area contributed by atoms with Crippen LogP contribution in [0.4, 0.5) is 0 Å². The molecule has 0 aromatic carbocycles. The Morgan fingerprint density at radius 3 is 2.76 bits per heavy atom. The molecule has 7 nitrogen and oxygen atoms in total. The maximum absolute atomic E-state index is 11.5. The van der Waals surface area contributed by atoms with E-state index in [9.17, 15) is 14.4 Å². The van der Waals surface area contributed by atoms with Gasteiger partial charge in [-0.25, -0.2) is 5.10 Å². The molecule has 1 fully saturated rings. The van der Waals surface area contributed by atoms with Gasteiger partial charge in [0.15, 0.2) is 0 Å². The van der Waals surface area contributed by atoms with Crippen LogP contribution in [0.1, 0.15) is 23.3 Å². The van der Waals surface area contributed by atoms with Crippen molar-refractivity contribution in [2.24, 2.45) is 0 Å². The minimum absolute atomic E-state index is 0.0730. The lowest BCUT2D eigenvalue weighted by Crippen LogP contribution is -2.38. The van der Waals surface area contributed by atoms with Gasteiger partial charge in [-0.1, -0.05) is 0 Å². The fraction of sp³-hybridized carbons (Fsp3) is 0.400. The average molecular weight is 236 g/mol. The van der Waals surface area contributed by atoms with Crippen molar-refractivity contribution in [3.8, 4) is 0 Å². The molecule has 0 spiro atoms. The minimum atomic E-state index is -0.493. The number of hydrogen-bond acceptors (Lipinski definition) is 4. The Morgan fingerprint density at radius 1 is 1.41 bits per heavy atom. The van der Waals surface area contributed by atoms with Crippen LogP contribution < -0.4 is 16.2 Å². The van der Waals surface area contributed by atoms with Gasteiger partial charge in [0, 0.05) is 12.1 Å². The lowest BCUT2D eigenvalue weighted by molar-refractivity contribution is -0.120. The number of amides is 2. The first-order valence-electron chi connectivity index (χ1n) is 5.28. The standard InChI is InChI=1S/C10H12N4O3/c15-8-4-3-7(13-14-8)10(17)11-5-9(16)12-6-1-2-6/h3-4,6H,1-2,5H2,(H,11,17)(H,12,16)(H,14,15). The summed E-state index contributed by atoms with van der Waals surface area (Å²) in [6.07, 6.45) is 2.00. The summed E-state index contributed by atoms with van der Waals surface area (Å²) < 4.78 is 0. The summed E-state index contributed by atoms with van der Waals surface area (Å²) in [5.41, 5.74) is -0.308. The summed E-state index contributed by atoms with van der Waals surface area (Å²) in [6, 6.07) is 2.77. The summed E-state index contributed by atoms with van der Waals surface area (Å²) >= 11 is 0. The van der Waals surface area contributed by atoms with Crippen molar-refractivity contribution in [2.75, 3.05) is 6.54 Å². The molecule has 0 bridgehead atoms. The van der Waals surface area contributed by atoms with Gasteiger partial charge in [-0.05, 0) is 18.9 Å². The van der Waals surface area contributed by atoms with Gasteiger partial charge in [0.1, 0.15) is 5.69 Å². The number of H-pyrrole nitrogens is 1. The Labute approximate surface area is 96.6 Å². The van der Waals surface area contributed by atoms with Crippen molar-refractivity contribution in [1.29, 1.82) is 0 Å². The monoisotopic (exact) mass is 236 g/mol. The number of hydrogen-bond donors (Lipinski definition) is 3. The number of aromatic nitrogens is 2. The summed E-state index contributed by atoms with van der Waals surface area (Å²) in [5, 5.41) is 10.8. The first-order chi connectivity index (χ1) is 8.15. The fourth-order valence-corrected chi connectivity index (χ4v) is 1.23. The van der Waals surface area contributed by atoms with E-state index in [-0.39, 0.29) is 29.7 Å². The third kappa shape index (κ3) is 3.40. The molecule has 0 atom stereocenters. The van der Waals surface area contributed by atoms with Gasteiger partial charge in [0.05, 0.1) is 6.54 Å². The molecule has 17 heavy (non-hydrogen) atoms. The maximum Gasteiger partial charge on any atom is 0.272 e. The van der Waals surface area contributed by atoms with Gasteiger partial charge < -0.3 is 10.6 Å². The molecular formula is C10H12N4O3. The number of nitrogens with zero attached hydrogens (tertiary/aromatic N) is 1. The van der Waals surface area contributed by atoms with Gasteiger partial charge in [-0.15, -0.1) is 0 Å². The number of carbonyl (C=O) groups is 2. The van der Waals surface area contributed by atoms with E-state index in [4.69, 9.17) is 0 Å². The van der Waals surface area contributed by atoms with E-state index in [1.807, 2.05) is 0 Å². The summed E-state index contributed by atoms with van der Waals surface area (Å²) in [5.74, 6) is -0.711. The third-order valence-corrected chi connectivity index (χ3v) is 2.26. The van der Waals surface area contributed by atoms with Crippen LogP contribution in [0.2, 0.25) is 0 Å². The molecule has 7 heteroatoms. The van der Waals surface area contributed by atoms with E-state index >= 15 is 0 Å². The van der Waals surface area contributed by atoms with E-state index in [0.717, 1.165) is 12.8 Å². The van der Waals surface area contributed by atoms with Crippen molar-refractivity contribution in [3.63, 3.8) is 0 Å². The second kappa shape index (κ2) is 4.77. The normalized spacial score (nSPS) is 14.1. The van der Waals surface area contributed by atoms with E-state index in [1.54, 1.807) is 0 Å². The number of rotatable bonds is 4. The van der Waals surface area contributed by atoms with Crippen molar-refractivity contribution in [1.82, 2.24) is 20.8 Å². The molecule has 3 N–H and O–H groups in total. The second-order valence-electron chi connectivity index (χ2n) is 3.83. The highest BCUT2D eigenvalue weighted by Crippen LogP contribution is 2.18. The highest BCUT2D eigenvalue weighted by Gasteiger charge is 2.23. The van der Waals surface area contributed by atoms with Crippen LogP contribution in [0.5, 0.6) is 0 Å². The molecule has 0 unspecified atom stereocenters. The first-order valence-corrected chi connectivity index (χ1v) is 5.28. The van der Waals surface area contributed by atoms with Gasteiger partial charge in [-0.3, -0.25) is 14.4 Å². The van der Waals surface area contributed by atoms with Crippen LogP contribution in [0.25, 0.3) is 0 Å². The maximum atomic E-state index is 11.5. The zero-order chi connectivity index (χ0) is 12.3. The molecule has 1 saturated carbocycles. The van der Waals surface area contributed by atoms with Gasteiger partial charge in [-0.2, -0.15) is 5.10 Å². The van der Waals surface area contributed by atoms with Crippen molar-refractivity contribution >= 4 is 11.8 Å².